The van der Waals surface area contributed by atoms with Gasteiger partial charge in [0.15, 0.2) is 0 Å². The second-order valence-corrected chi connectivity index (χ2v) is 4.87. The first-order chi connectivity index (χ1) is 6.94. The molecule has 1 aromatic rings. The van der Waals surface area contributed by atoms with Crippen molar-refractivity contribution in [3.63, 3.8) is 0 Å². The molecule has 15 heavy (non-hydrogen) atoms. The molecule has 0 unspecified atom stereocenters. The largest absolute Gasteiger partial charge is 0.496 e. The van der Waals surface area contributed by atoms with Crippen LogP contribution in [0.25, 0.3) is 0 Å². The van der Waals surface area contributed by atoms with E-state index in [9.17, 15) is 0 Å². The van der Waals surface area contributed by atoms with E-state index in [-0.39, 0.29) is 5.54 Å². The molecule has 1 aromatic carbocycles. The van der Waals surface area contributed by atoms with Gasteiger partial charge in [0.1, 0.15) is 5.75 Å². The maximum atomic E-state index is 5.40. The number of para-hydroxylation sites is 1. The molecule has 0 aromatic heterocycles. The Morgan fingerprint density at radius 1 is 1.27 bits per heavy atom. The summed E-state index contributed by atoms with van der Waals surface area (Å²) in [5, 5.41) is 3.46. The van der Waals surface area contributed by atoms with Crippen molar-refractivity contribution >= 4 is 0 Å². The van der Waals surface area contributed by atoms with Crippen LogP contribution < -0.4 is 10.1 Å². The third-order valence-corrected chi connectivity index (χ3v) is 2.31. The summed E-state index contributed by atoms with van der Waals surface area (Å²) in [7, 11) is 1.73. The SMILES string of the molecule is COc1c(C)cccc1CNC(C)(C)C. The van der Waals surface area contributed by atoms with Crippen molar-refractivity contribution in [2.24, 2.45) is 0 Å². The summed E-state index contributed by atoms with van der Waals surface area (Å²) in [6.07, 6.45) is 0. The number of nitrogens with one attached hydrogen (secondary N) is 1. The van der Waals surface area contributed by atoms with Crippen LogP contribution in [0.4, 0.5) is 0 Å². The summed E-state index contributed by atoms with van der Waals surface area (Å²) >= 11 is 0. The van der Waals surface area contributed by atoms with E-state index in [4.69, 9.17) is 4.74 Å². The first-order valence-corrected chi connectivity index (χ1v) is 5.31. The highest BCUT2D eigenvalue weighted by Gasteiger charge is 2.11. The summed E-state index contributed by atoms with van der Waals surface area (Å²) in [6, 6.07) is 6.24. The average molecular weight is 207 g/mol. The maximum Gasteiger partial charge on any atom is 0.126 e. The Hall–Kier alpha value is -1.02. The number of methoxy groups -OCH3 is 1. The first-order valence-electron chi connectivity index (χ1n) is 5.31. The zero-order valence-corrected chi connectivity index (χ0v) is 10.3. The Balaban J connectivity index is 2.81. The molecule has 0 amide bonds. The van der Waals surface area contributed by atoms with Crippen molar-refractivity contribution in [1.82, 2.24) is 5.32 Å². The molecule has 0 fully saturated rings. The number of aryl methyl sites for hydroxylation is 1. The minimum absolute atomic E-state index is 0.134. The van der Waals surface area contributed by atoms with Gasteiger partial charge >= 0.3 is 0 Å². The molecule has 0 aliphatic rings. The van der Waals surface area contributed by atoms with Gasteiger partial charge in [-0.3, -0.25) is 0 Å². The fourth-order valence-electron chi connectivity index (χ4n) is 1.50. The highest BCUT2D eigenvalue weighted by Crippen LogP contribution is 2.23. The molecule has 1 N–H and O–H groups in total. The fraction of sp³-hybridized carbons (Fsp3) is 0.538. The van der Waals surface area contributed by atoms with Crippen LogP contribution in [0, 0.1) is 6.92 Å². The molecule has 0 atom stereocenters. The maximum absolute atomic E-state index is 5.40. The second kappa shape index (κ2) is 4.67. The van der Waals surface area contributed by atoms with Crippen molar-refractivity contribution < 1.29 is 4.74 Å². The van der Waals surface area contributed by atoms with E-state index in [1.165, 1.54) is 11.1 Å². The van der Waals surface area contributed by atoms with E-state index >= 15 is 0 Å². The lowest BCUT2D eigenvalue weighted by atomic mass is 10.1. The Morgan fingerprint density at radius 2 is 1.93 bits per heavy atom. The molecule has 0 heterocycles. The van der Waals surface area contributed by atoms with Crippen LogP contribution in [0.15, 0.2) is 18.2 Å². The van der Waals surface area contributed by atoms with Crippen LogP contribution in [0.3, 0.4) is 0 Å². The monoisotopic (exact) mass is 207 g/mol. The van der Waals surface area contributed by atoms with Crippen molar-refractivity contribution in [3.05, 3.63) is 29.3 Å². The second-order valence-electron chi connectivity index (χ2n) is 4.87. The normalized spacial score (nSPS) is 11.5. The van der Waals surface area contributed by atoms with Crippen LogP contribution in [-0.4, -0.2) is 12.6 Å². The van der Waals surface area contributed by atoms with Gasteiger partial charge in [0.25, 0.3) is 0 Å². The first kappa shape index (κ1) is 12.1. The molecule has 0 saturated heterocycles. The number of rotatable bonds is 3. The van der Waals surface area contributed by atoms with Crippen LogP contribution in [0.2, 0.25) is 0 Å². The van der Waals surface area contributed by atoms with E-state index < -0.39 is 0 Å². The third-order valence-electron chi connectivity index (χ3n) is 2.31. The smallest absolute Gasteiger partial charge is 0.126 e. The third kappa shape index (κ3) is 3.56. The van der Waals surface area contributed by atoms with Gasteiger partial charge in [0, 0.05) is 17.6 Å². The zero-order valence-electron chi connectivity index (χ0n) is 10.3. The van der Waals surface area contributed by atoms with Crippen LogP contribution >= 0.6 is 0 Å². The van der Waals surface area contributed by atoms with Gasteiger partial charge < -0.3 is 10.1 Å². The standard InChI is InChI=1S/C13H21NO/c1-10-7-6-8-11(12(10)15-5)9-14-13(2,3)4/h6-8,14H,9H2,1-5H3. The van der Waals surface area contributed by atoms with Gasteiger partial charge in [-0.05, 0) is 33.3 Å². The van der Waals surface area contributed by atoms with Gasteiger partial charge in [-0.25, -0.2) is 0 Å². The van der Waals surface area contributed by atoms with Crippen molar-refractivity contribution in [2.75, 3.05) is 7.11 Å². The van der Waals surface area contributed by atoms with Crippen molar-refractivity contribution in [2.45, 2.75) is 39.8 Å². The van der Waals surface area contributed by atoms with Crippen molar-refractivity contribution in [3.8, 4) is 5.75 Å². The predicted molar refractivity (Wildman–Crippen MR) is 64.3 cm³/mol. The summed E-state index contributed by atoms with van der Waals surface area (Å²) in [5.74, 6) is 0.995. The molecular weight excluding hydrogens is 186 g/mol. The molecule has 1 rings (SSSR count). The molecule has 0 saturated carbocycles. The highest BCUT2D eigenvalue weighted by molar-refractivity contribution is 5.40. The molecule has 0 aliphatic carbocycles. The van der Waals surface area contributed by atoms with Crippen LogP contribution in [0.5, 0.6) is 5.75 Å². The molecule has 2 nitrogen and oxygen atoms in total. The fourth-order valence-corrected chi connectivity index (χ4v) is 1.50. The molecule has 0 bridgehead atoms. The van der Waals surface area contributed by atoms with Gasteiger partial charge in [-0.15, -0.1) is 0 Å². The number of hydrogen-bond donors (Lipinski definition) is 1. The number of benzene rings is 1. The molecule has 0 aliphatic heterocycles. The summed E-state index contributed by atoms with van der Waals surface area (Å²) in [4.78, 5) is 0. The van der Waals surface area contributed by atoms with E-state index in [1.807, 2.05) is 0 Å². The predicted octanol–water partition coefficient (Wildman–Crippen LogP) is 2.89. The Labute approximate surface area is 92.6 Å². The molecule has 2 heteroatoms. The van der Waals surface area contributed by atoms with E-state index in [0.717, 1.165) is 12.3 Å². The van der Waals surface area contributed by atoms with Gasteiger partial charge in [0.2, 0.25) is 0 Å². The Kier molecular flexibility index (Phi) is 3.75. The lowest BCUT2D eigenvalue weighted by molar-refractivity contribution is 0.389. The van der Waals surface area contributed by atoms with E-state index in [2.05, 4.69) is 51.2 Å². The highest BCUT2D eigenvalue weighted by atomic mass is 16.5. The average Bonchev–Trinajstić information content (AvgIpc) is 2.13. The molecule has 84 valence electrons. The minimum Gasteiger partial charge on any atom is -0.496 e. The summed E-state index contributed by atoms with van der Waals surface area (Å²) < 4.78 is 5.40. The molecule has 0 radical (unpaired) electrons. The Bertz CT molecular complexity index is 326. The summed E-state index contributed by atoms with van der Waals surface area (Å²) in [6.45, 7) is 9.40. The van der Waals surface area contributed by atoms with Gasteiger partial charge in [-0.1, -0.05) is 18.2 Å². The lowest BCUT2D eigenvalue weighted by Crippen LogP contribution is -2.35. The molecule has 0 spiro atoms. The van der Waals surface area contributed by atoms with E-state index in [0.29, 0.717) is 0 Å². The van der Waals surface area contributed by atoms with Crippen LogP contribution in [-0.2, 0) is 6.54 Å². The topological polar surface area (TPSA) is 21.3 Å². The van der Waals surface area contributed by atoms with Gasteiger partial charge in [0.05, 0.1) is 7.11 Å². The number of hydrogen-bond acceptors (Lipinski definition) is 2. The number of ether oxygens (including phenoxy) is 1. The van der Waals surface area contributed by atoms with Crippen molar-refractivity contribution in [1.29, 1.82) is 0 Å². The minimum atomic E-state index is 0.134. The molecular formula is C13H21NO. The van der Waals surface area contributed by atoms with Crippen LogP contribution in [0.1, 0.15) is 31.9 Å². The zero-order chi connectivity index (χ0) is 11.5. The van der Waals surface area contributed by atoms with Gasteiger partial charge in [-0.2, -0.15) is 0 Å². The Morgan fingerprint density at radius 3 is 2.47 bits per heavy atom. The lowest BCUT2D eigenvalue weighted by Gasteiger charge is -2.21. The van der Waals surface area contributed by atoms with E-state index in [1.54, 1.807) is 7.11 Å². The summed E-state index contributed by atoms with van der Waals surface area (Å²) in [5.41, 5.74) is 2.53. The quantitative estimate of drug-likeness (QED) is 0.823.